The maximum Gasteiger partial charge on any atom is 0.243 e. The van der Waals surface area contributed by atoms with Crippen LogP contribution in [-0.4, -0.2) is 45.5 Å². The summed E-state index contributed by atoms with van der Waals surface area (Å²) in [5, 5.41) is 0. The molecule has 1 aliphatic rings. The van der Waals surface area contributed by atoms with E-state index in [-0.39, 0.29) is 0 Å². The van der Waals surface area contributed by atoms with Gasteiger partial charge < -0.3 is 9.64 Å². The maximum atomic E-state index is 13.0. The van der Waals surface area contributed by atoms with Crippen LogP contribution in [0.2, 0.25) is 0 Å². The Labute approximate surface area is 169 Å². The number of aryl methyl sites for hydroxylation is 1. The first-order valence-corrected chi connectivity index (χ1v) is 11.6. The number of anilines is 1. The molecule has 2 aromatic rings. The molecular formula is C22H30N2O3S. The summed E-state index contributed by atoms with van der Waals surface area (Å²) in [6.07, 6.45) is 3.26. The average Bonchev–Trinajstić information content (AvgIpc) is 2.73. The van der Waals surface area contributed by atoms with Crippen molar-refractivity contribution in [2.24, 2.45) is 0 Å². The van der Waals surface area contributed by atoms with Gasteiger partial charge in [-0.25, -0.2) is 8.42 Å². The van der Waals surface area contributed by atoms with Gasteiger partial charge in [-0.1, -0.05) is 25.5 Å². The Bertz CT molecular complexity index is 840. The lowest BCUT2D eigenvalue weighted by atomic mass is 10.1. The average molecular weight is 403 g/mol. The van der Waals surface area contributed by atoms with Crippen LogP contribution in [0.15, 0.2) is 53.4 Å². The highest BCUT2D eigenvalue weighted by molar-refractivity contribution is 7.89. The molecule has 1 saturated heterocycles. The molecule has 1 fully saturated rings. The molecule has 28 heavy (non-hydrogen) atoms. The van der Waals surface area contributed by atoms with E-state index in [1.807, 2.05) is 43.3 Å². The molecule has 0 aliphatic carbocycles. The fourth-order valence-corrected chi connectivity index (χ4v) is 4.89. The van der Waals surface area contributed by atoms with E-state index in [9.17, 15) is 8.42 Å². The number of piperazine rings is 1. The molecule has 3 rings (SSSR count). The van der Waals surface area contributed by atoms with Crippen molar-refractivity contribution >= 4 is 15.7 Å². The lowest BCUT2D eigenvalue weighted by molar-refractivity contribution is 0.340. The summed E-state index contributed by atoms with van der Waals surface area (Å²) in [6.45, 7) is 7.12. The van der Waals surface area contributed by atoms with Crippen molar-refractivity contribution in [2.45, 2.75) is 38.0 Å². The Kier molecular flexibility index (Phi) is 6.97. The molecule has 0 saturated carbocycles. The second-order valence-electron chi connectivity index (χ2n) is 7.07. The fourth-order valence-electron chi connectivity index (χ4n) is 3.46. The fraction of sp³-hybridized carbons (Fsp3) is 0.455. The minimum Gasteiger partial charge on any atom is -0.494 e. The number of benzene rings is 2. The predicted molar refractivity (Wildman–Crippen MR) is 114 cm³/mol. The van der Waals surface area contributed by atoms with Crippen LogP contribution in [0.4, 0.5) is 5.69 Å². The Morgan fingerprint density at radius 2 is 1.54 bits per heavy atom. The first-order valence-electron chi connectivity index (χ1n) is 10.1. The van der Waals surface area contributed by atoms with Crippen LogP contribution >= 0.6 is 0 Å². The molecule has 0 amide bonds. The summed E-state index contributed by atoms with van der Waals surface area (Å²) >= 11 is 0. The quantitative estimate of drug-likeness (QED) is 0.671. The van der Waals surface area contributed by atoms with Crippen LogP contribution in [0.1, 0.15) is 32.3 Å². The van der Waals surface area contributed by atoms with Crippen LogP contribution in [0.5, 0.6) is 5.75 Å². The van der Waals surface area contributed by atoms with Crippen molar-refractivity contribution in [2.75, 3.05) is 37.7 Å². The molecule has 152 valence electrons. The van der Waals surface area contributed by atoms with Gasteiger partial charge in [0.25, 0.3) is 0 Å². The number of ether oxygens (including phenoxy) is 1. The van der Waals surface area contributed by atoms with E-state index in [1.165, 1.54) is 5.56 Å². The minimum absolute atomic E-state index is 0.391. The van der Waals surface area contributed by atoms with Gasteiger partial charge in [-0.3, -0.25) is 0 Å². The van der Waals surface area contributed by atoms with Crippen molar-refractivity contribution in [3.05, 3.63) is 54.1 Å². The summed E-state index contributed by atoms with van der Waals surface area (Å²) in [4.78, 5) is 2.61. The molecule has 2 aromatic carbocycles. The monoisotopic (exact) mass is 402 g/mol. The van der Waals surface area contributed by atoms with E-state index in [4.69, 9.17) is 4.74 Å². The molecule has 1 heterocycles. The number of nitrogens with zero attached hydrogens (tertiary/aromatic N) is 2. The zero-order chi connectivity index (χ0) is 20.0. The lowest BCUT2D eigenvalue weighted by Crippen LogP contribution is -2.48. The van der Waals surface area contributed by atoms with E-state index >= 15 is 0 Å². The molecule has 6 heteroatoms. The van der Waals surface area contributed by atoms with Crippen molar-refractivity contribution in [3.63, 3.8) is 0 Å². The molecular weight excluding hydrogens is 372 g/mol. The predicted octanol–water partition coefficient (Wildman–Crippen LogP) is 3.94. The van der Waals surface area contributed by atoms with Crippen LogP contribution in [-0.2, 0) is 16.4 Å². The Hall–Kier alpha value is -2.05. The molecule has 0 spiro atoms. The number of sulfonamides is 1. The van der Waals surface area contributed by atoms with Gasteiger partial charge in [0.15, 0.2) is 0 Å². The highest BCUT2D eigenvalue weighted by Gasteiger charge is 2.28. The van der Waals surface area contributed by atoms with E-state index in [0.29, 0.717) is 37.7 Å². The maximum absolute atomic E-state index is 13.0. The number of hydrogen-bond donors (Lipinski definition) is 0. The second-order valence-corrected chi connectivity index (χ2v) is 9.00. The molecule has 0 atom stereocenters. The topological polar surface area (TPSA) is 49.9 Å². The van der Waals surface area contributed by atoms with Crippen LogP contribution < -0.4 is 9.64 Å². The van der Waals surface area contributed by atoms with Gasteiger partial charge in [0, 0.05) is 31.9 Å². The molecule has 0 radical (unpaired) electrons. The minimum atomic E-state index is -3.43. The normalized spacial score (nSPS) is 15.6. The van der Waals surface area contributed by atoms with Gasteiger partial charge in [0.1, 0.15) is 5.75 Å². The third-order valence-electron chi connectivity index (χ3n) is 5.13. The Morgan fingerprint density at radius 1 is 0.893 bits per heavy atom. The highest BCUT2D eigenvalue weighted by atomic mass is 32.2. The molecule has 0 aromatic heterocycles. The summed E-state index contributed by atoms with van der Waals surface area (Å²) < 4.78 is 33.0. The van der Waals surface area contributed by atoms with E-state index in [0.717, 1.165) is 30.7 Å². The van der Waals surface area contributed by atoms with Crippen molar-refractivity contribution in [1.29, 1.82) is 0 Å². The van der Waals surface area contributed by atoms with Crippen LogP contribution in [0.25, 0.3) is 0 Å². The highest BCUT2D eigenvalue weighted by Crippen LogP contribution is 2.23. The summed E-state index contributed by atoms with van der Waals surface area (Å²) in [6, 6.07) is 15.4. The lowest BCUT2D eigenvalue weighted by Gasteiger charge is -2.35. The first kappa shape index (κ1) is 20.7. The molecule has 1 aliphatic heterocycles. The second kappa shape index (κ2) is 9.43. The van der Waals surface area contributed by atoms with Crippen molar-refractivity contribution in [3.8, 4) is 5.75 Å². The zero-order valence-corrected chi connectivity index (χ0v) is 17.6. The third kappa shape index (κ3) is 4.86. The van der Waals surface area contributed by atoms with Gasteiger partial charge >= 0.3 is 0 Å². The summed E-state index contributed by atoms with van der Waals surface area (Å²) in [7, 11) is -3.43. The third-order valence-corrected chi connectivity index (χ3v) is 7.04. The van der Waals surface area contributed by atoms with Crippen LogP contribution in [0.3, 0.4) is 0 Å². The Balaban J connectivity index is 1.61. The van der Waals surface area contributed by atoms with Crippen molar-refractivity contribution in [1.82, 2.24) is 4.31 Å². The van der Waals surface area contributed by atoms with Gasteiger partial charge in [-0.05, 0) is 61.7 Å². The summed E-state index contributed by atoms with van der Waals surface area (Å²) in [5.41, 5.74) is 2.29. The largest absolute Gasteiger partial charge is 0.494 e. The number of hydrogen-bond acceptors (Lipinski definition) is 4. The van der Waals surface area contributed by atoms with Gasteiger partial charge in [-0.2, -0.15) is 4.31 Å². The van der Waals surface area contributed by atoms with E-state index in [1.54, 1.807) is 16.4 Å². The smallest absolute Gasteiger partial charge is 0.243 e. The first-order chi connectivity index (χ1) is 13.5. The molecule has 5 nitrogen and oxygen atoms in total. The molecule has 0 bridgehead atoms. The molecule has 0 unspecified atom stereocenters. The summed E-state index contributed by atoms with van der Waals surface area (Å²) in [5.74, 6) is 0.856. The number of rotatable bonds is 8. The van der Waals surface area contributed by atoms with Crippen molar-refractivity contribution < 1.29 is 13.2 Å². The standard InChI is InChI=1S/C22H30N2O3S/c1-3-5-6-19-7-13-22(14-8-19)28(25,26)24-17-15-23(16-18-24)20-9-11-21(12-10-20)27-4-2/h7-14H,3-6,15-18H2,1-2H3. The Morgan fingerprint density at radius 3 is 2.11 bits per heavy atom. The SMILES string of the molecule is CCCCc1ccc(S(=O)(=O)N2CCN(c3ccc(OCC)cc3)CC2)cc1. The van der Waals surface area contributed by atoms with Gasteiger partial charge in [-0.15, -0.1) is 0 Å². The van der Waals surface area contributed by atoms with Crippen LogP contribution in [0, 0.1) is 0 Å². The van der Waals surface area contributed by atoms with E-state index < -0.39 is 10.0 Å². The zero-order valence-electron chi connectivity index (χ0n) is 16.8. The van der Waals surface area contributed by atoms with E-state index in [2.05, 4.69) is 11.8 Å². The molecule has 0 N–H and O–H groups in total. The van der Waals surface area contributed by atoms with Gasteiger partial charge in [0.2, 0.25) is 10.0 Å². The van der Waals surface area contributed by atoms with Gasteiger partial charge in [0.05, 0.1) is 11.5 Å². The number of unbranched alkanes of at least 4 members (excludes halogenated alkanes) is 1.